The van der Waals surface area contributed by atoms with Gasteiger partial charge >= 0.3 is 0 Å². The number of carbonyl (C=O) groups is 3. The highest BCUT2D eigenvalue weighted by Crippen LogP contribution is 2.56. The molecule has 2 amide bonds. The zero-order valence-electron chi connectivity index (χ0n) is 14.4. The van der Waals surface area contributed by atoms with E-state index in [-0.39, 0.29) is 40.8 Å². The molecule has 3 unspecified atom stereocenters. The summed E-state index contributed by atoms with van der Waals surface area (Å²) in [5.41, 5.74) is 7.32. The van der Waals surface area contributed by atoms with Crippen LogP contribution in [0.1, 0.15) is 52.4 Å². The van der Waals surface area contributed by atoms with Crippen LogP contribution in [-0.2, 0) is 14.4 Å². The lowest BCUT2D eigenvalue weighted by Crippen LogP contribution is -2.48. The Kier molecular flexibility index (Phi) is 4.37. The van der Waals surface area contributed by atoms with E-state index in [4.69, 9.17) is 5.73 Å². The molecule has 0 aromatic carbocycles. The van der Waals surface area contributed by atoms with Crippen molar-refractivity contribution >= 4 is 17.6 Å². The molecule has 0 aromatic rings. The summed E-state index contributed by atoms with van der Waals surface area (Å²) in [5, 5.41) is 2.85. The van der Waals surface area contributed by atoms with Gasteiger partial charge in [0, 0.05) is 30.4 Å². The second kappa shape index (κ2) is 6.19. The summed E-state index contributed by atoms with van der Waals surface area (Å²) < 4.78 is 0. The van der Waals surface area contributed by atoms with Crippen molar-refractivity contribution in [2.75, 3.05) is 0 Å². The van der Waals surface area contributed by atoms with Gasteiger partial charge in [0.05, 0.1) is 0 Å². The highest BCUT2D eigenvalue weighted by Gasteiger charge is 2.52. The maximum Gasteiger partial charge on any atom is 0.223 e. The van der Waals surface area contributed by atoms with Crippen molar-refractivity contribution in [3.8, 4) is 0 Å². The fraction of sp³-hybridized carbons (Fsp3) is 0.632. The van der Waals surface area contributed by atoms with Crippen molar-refractivity contribution in [1.82, 2.24) is 5.32 Å². The molecule has 24 heavy (non-hydrogen) atoms. The number of primary amides is 1. The van der Waals surface area contributed by atoms with Crippen molar-refractivity contribution in [2.45, 2.75) is 52.4 Å². The number of rotatable bonds is 3. The molecule has 5 nitrogen and oxygen atoms in total. The number of carbonyl (C=O) groups excluding carboxylic acids is 3. The van der Waals surface area contributed by atoms with Crippen LogP contribution in [-0.4, -0.2) is 17.6 Å². The SMILES string of the molecule is CC1=CC(=O)C2[C@@H](CCC3=CNC(=O)CCC32C)C1CCC(N)=O. The summed E-state index contributed by atoms with van der Waals surface area (Å²) in [6.45, 7) is 4.12. The normalized spacial score (nSPS) is 35.8. The smallest absolute Gasteiger partial charge is 0.223 e. The van der Waals surface area contributed by atoms with Crippen LogP contribution in [0.5, 0.6) is 0 Å². The monoisotopic (exact) mass is 330 g/mol. The molecule has 4 atom stereocenters. The third kappa shape index (κ3) is 2.80. The van der Waals surface area contributed by atoms with E-state index >= 15 is 0 Å². The van der Waals surface area contributed by atoms with Gasteiger partial charge in [-0.1, -0.05) is 12.5 Å². The van der Waals surface area contributed by atoms with Crippen molar-refractivity contribution in [1.29, 1.82) is 0 Å². The van der Waals surface area contributed by atoms with Gasteiger partial charge in [-0.2, -0.15) is 0 Å². The van der Waals surface area contributed by atoms with E-state index in [0.29, 0.717) is 25.7 Å². The molecule has 0 spiro atoms. The van der Waals surface area contributed by atoms with Crippen LogP contribution in [0.3, 0.4) is 0 Å². The van der Waals surface area contributed by atoms with Gasteiger partial charge in [-0.3, -0.25) is 14.4 Å². The minimum absolute atomic E-state index is 0.0231. The number of nitrogens with two attached hydrogens (primary N) is 1. The fourth-order valence-corrected chi connectivity index (χ4v) is 5.07. The summed E-state index contributed by atoms with van der Waals surface area (Å²) in [7, 11) is 0. The van der Waals surface area contributed by atoms with E-state index in [2.05, 4.69) is 12.2 Å². The average molecular weight is 330 g/mol. The van der Waals surface area contributed by atoms with E-state index in [1.807, 2.05) is 13.1 Å². The predicted octanol–water partition coefficient (Wildman–Crippen LogP) is 2.22. The van der Waals surface area contributed by atoms with Gasteiger partial charge in [0.25, 0.3) is 0 Å². The zero-order valence-corrected chi connectivity index (χ0v) is 14.4. The molecule has 3 aliphatic rings. The van der Waals surface area contributed by atoms with Crippen LogP contribution in [0.2, 0.25) is 0 Å². The molecule has 1 fully saturated rings. The van der Waals surface area contributed by atoms with Crippen LogP contribution >= 0.6 is 0 Å². The first kappa shape index (κ1) is 16.9. The van der Waals surface area contributed by atoms with Gasteiger partial charge in [0.1, 0.15) is 0 Å². The number of allylic oxidation sites excluding steroid dienone is 3. The highest BCUT2D eigenvalue weighted by atomic mass is 16.2. The number of nitrogens with one attached hydrogen (secondary N) is 1. The predicted molar refractivity (Wildman–Crippen MR) is 90.5 cm³/mol. The lowest BCUT2D eigenvalue weighted by molar-refractivity contribution is -0.128. The second-order valence-electron chi connectivity index (χ2n) is 7.74. The van der Waals surface area contributed by atoms with E-state index in [1.165, 1.54) is 5.57 Å². The molecule has 3 rings (SSSR count). The van der Waals surface area contributed by atoms with Crippen molar-refractivity contribution in [3.05, 3.63) is 23.4 Å². The molecule has 3 N–H and O–H groups in total. The Morgan fingerprint density at radius 1 is 1.38 bits per heavy atom. The lowest BCUT2D eigenvalue weighted by Gasteiger charge is -2.51. The van der Waals surface area contributed by atoms with Gasteiger partial charge in [0.2, 0.25) is 11.8 Å². The summed E-state index contributed by atoms with van der Waals surface area (Å²) in [6.07, 6.45) is 7.62. The molecular weight excluding hydrogens is 304 g/mol. The molecular formula is C19H26N2O3. The molecule has 0 radical (unpaired) electrons. The first-order valence-corrected chi connectivity index (χ1v) is 8.82. The Balaban J connectivity index is 1.95. The number of amides is 2. The Morgan fingerprint density at radius 3 is 2.83 bits per heavy atom. The first-order chi connectivity index (χ1) is 11.3. The lowest BCUT2D eigenvalue weighted by atomic mass is 9.52. The Morgan fingerprint density at radius 2 is 2.12 bits per heavy atom. The van der Waals surface area contributed by atoms with Gasteiger partial charge in [-0.05, 0) is 56.1 Å². The second-order valence-corrected chi connectivity index (χ2v) is 7.74. The van der Waals surface area contributed by atoms with Gasteiger partial charge in [-0.15, -0.1) is 0 Å². The molecule has 1 saturated carbocycles. The summed E-state index contributed by atoms with van der Waals surface area (Å²) in [4.78, 5) is 35.9. The van der Waals surface area contributed by atoms with Crippen LogP contribution in [0.15, 0.2) is 23.4 Å². The molecule has 1 heterocycles. The molecule has 1 aliphatic heterocycles. The van der Waals surface area contributed by atoms with Crippen LogP contribution in [0.4, 0.5) is 0 Å². The third-order valence-corrected chi connectivity index (χ3v) is 6.35. The van der Waals surface area contributed by atoms with Gasteiger partial charge < -0.3 is 11.1 Å². The summed E-state index contributed by atoms with van der Waals surface area (Å²) in [6, 6.07) is 0. The number of ketones is 1. The topological polar surface area (TPSA) is 89.3 Å². The van der Waals surface area contributed by atoms with E-state index in [9.17, 15) is 14.4 Å². The minimum Gasteiger partial charge on any atom is -0.370 e. The first-order valence-electron chi connectivity index (χ1n) is 8.82. The van der Waals surface area contributed by atoms with E-state index < -0.39 is 0 Å². The number of hydrogen-bond donors (Lipinski definition) is 2. The number of hydrogen-bond acceptors (Lipinski definition) is 3. The highest BCUT2D eigenvalue weighted by molar-refractivity contribution is 5.95. The standard InChI is InChI=1S/C19H26N2O3/c1-11-9-15(22)18-14(13(11)5-6-16(20)23)4-3-12-10-21-17(24)7-8-19(12,18)2/h9-10,13-14,18H,3-8H2,1-2H3,(H2,20,23)(H,21,24)/t13?,14-,18?,19?/m0/s1. The average Bonchev–Trinajstić information content (AvgIpc) is 2.65. The Labute approximate surface area is 142 Å². The zero-order chi connectivity index (χ0) is 17.5. The summed E-state index contributed by atoms with van der Waals surface area (Å²) >= 11 is 0. The Hall–Kier alpha value is -1.91. The van der Waals surface area contributed by atoms with Crippen molar-refractivity contribution in [3.63, 3.8) is 0 Å². The molecule has 0 bridgehead atoms. The maximum absolute atomic E-state index is 12.9. The largest absolute Gasteiger partial charge is 0.370 e. The van der Waals surface area contributed by atoms with Gasteiger partial charge in [0.15, 0.2) is 5.78 Å². The Bertz CT molecular complexity index is 649. The fourth-order valence-electron chi connectivity index (χ4n) is 5.07. The van der Waals surface area contributed by atoms with E-state index in [1.54, 1.807) is 6.08 Å². The molecule has 130 valence electrons. The molecule has 2 aliphatic carbocycles. The quantitative estimate of drug-likeness (QED) is 0.831. The van der Waals surface area contributed by atoms with Gasteiger partial charge in [-0.25, -0.2) is 0 Å². The van der Waals surface area contributed by atoms with Crippen LogP contribution < -0.4 is 11.1 Å². The minimum atomic E-state index is -0.289. The van der Waals surface area contributed by atoms with Crippen LogP contribution in [0.25, 0.3) is 0 Å². The van der Waals surface area contributed by atoms with Crippen molar-refractivity contribution in [2.24, 2.45) is 28.9 Å². The number of fused-ring (bicyclic) bond motifs is 3. The molecule has 0 aromatic heterocycles. The van der Waals surface area contributed by atoms with Crippen LogP contribution in [0, 0.1) is 23.2 Å². The summed E-state index contributed by atoms with van der Waals surface area (Å²) in [5.74, 6) is 0.266. The maximum atomic E-state index is 12.9. The van der Waals surface area contributed by atoms with Crippen molar-refractivity contribution < 1.29 is 14.4 Å². The molecule has 0 saturated heterocycles. The van der Waals surface area contributed by atoms with E-state index in [0.717, 1.165) is 18.4 Å². The molecule has 5 heteroatoms. The third-order valence-electron chi connectivity index (χ3n) is 6.35.